The van der Waals surface area contributed by atoms with E-state index in [1.165, 1.54) is 34.6 Å². The van der Waals surface area contributed by atoms with Crippen LogP contribution in [-0.4, -0.2) is 69.8 Å². The molecule has 5 rings (SSSR count). The summed E-state index contributed by atoms with van der Waals surface area (Å²) in [7, 11) is 0. The van der Waals surface area contributed by atoms with E-state index < -0.39 is 30.8 Å². The average molecular weight is 510 g/mol. The van der Waals surface area contributed by atoms with Gasteiger partial charge in [-0.15, -0.1) is 11.3 Å². The Kier molecular flexibility index (Phi) is 5.91. The van der Waals surface area contributed by atoms with Crippen LogP contribution in [0.15, 0.2) is 28.1 Å². The minimum Gasteiger partial charge on any atom is -0.465 e. The summed E-state index contributed by atoms with van der Waals surface area (Å²) in [6.45, 7) is 1.22. The quantitative estimate of drug-likeness (QED) is 0.517. The molecule has 0 saturated carbocycles. The number of hydrogen-bond acceptors (Lipinski definition) is 8. The van der Waals surface area contributed by atoms with Crippen molar-refractivity contribution in [3.63, 3.8) is 0 Å². The number of piperazine rings is 1. The monoisotopic (exact) mass is 510 g/mol. The molecule has 2 fully saturated rings. The van der Waals surface area contributed by atoms with Crippen molar-refractivity contribution >= 4 is 40.3 Å². The van der Waals surface area contributed by atoms with E-state index in [0.717, 1.165) is 19.8 Å². The number of oxazole rings is 1. The van der Waals surface area contributed by atoms with Crippen molar-refractivity contribution in [3.05, 3.63) is 29.3 Å². The first kappa shape index (κ1) is 23.5. The fourth-order valence-corrected chi connectivity index (χ4v) is 5.45. The van der Waals surface area contributed by atoms with Crippen LogP contribution in [0, 0.1) is 0 Å². The Morgan fingerprint density at radius 2 is 2.00 bits per heavy atom. The summed E-state index contributed by atoms with van der Waals surface area (Å²) >= 11 is 1.24. The number of benzene rings is 1. The summed E-state index contributed by atoms with van der Waals surface area (Å²) in [5.41, 5.74) is 0.585. The second kappa shape index (κ2) is 8.79. The number of anilines is 1. The molecule has 35 heavy (non-hydrogen) atoms. The molecule has 2 saturated heterocycles. The van der Waals surface area contributed by atoms with Crippen molar-refractivity contribution in [2.45, 2.75) is 44.1 Å². The number of amides is 1. The van der Waals surface area contributed by atoms with Gasteiger partial charge in [0.2, 0.25) is 0 Å². The normalized spacial score (nSPS) is 21.0. The molecule has 1 amide bonds. The molecule has 2 aliphatic heterocycles. The Hall–Kier alpha value is -3.19. The van der Waals surface area contributed by atoms with Gasteiger partial charge in [-0.2, -0.15) is 18.2 Å². The molecule has 0 spiro atoms. The molecule has 2 bridgehead atoms. The van der Waals surface area contributed by atoms with Crippen LogP contribution in [0.2, 0.25) is 0 Å². The highest BCUT2D eigenvalue weighted by atomic mass is 32.1. The zero-order chi connectivity index (χ0) is 24.9. The fourth-order valence-electron chi connectivity index (χ4n) is 4.80. The standard InChI is InChI=1S/C22H21F3N4O5S/c1-11(30)10-33-18(22(23,24)25)12-6-15(19-26-4-5-35-19)17-16(7-12)27-20(34-17)28-8-13-2-3-14(9-28)29(13)21(31)32/h4-7,13-14,18H,2-3,8-10H2,1H3,(H,31,32). The zero-order valence-corrected chi connectivity index (χ0v) is 19.3. The number of hydrogen-bond donors (Lipinski definition) is 1. The predicted molar refractivity (Wildman–Crippen MR) is 119 cm³/mol. The number of rotatable bonds is 6. The molecule has 3 unspecified atom stereocenters. The molecule has 13 heteroatoms. The summed E-state index contributed by atoms with van der Waals surface area (Å²) in [4.78, 5) is 34.9. The molecule has 9 nitrogen and oxygen atoms in total. The van der Waals surface area contributed by atoms with Crippen molar-refractivity contribution in [2.24, 2.45) is 0 Å². The second-order valence-corrected chi connectivity index (χ2v) is 9.56. The number of thiazole rings is 1. The minimum absolute atomic E-state index is 0.191. The van der Waals surface area contributed by atoms with Crippen LogP contribution >= 0.6 is 11.3 Å². The van der Waals surface area contributed by atoms with Crippen LogP contribution in [0.3, 0.4) is 0 Å². The number of halogens is 3. The number of nitrogens with zero attached hydrogens (tertiary/aromatic N) is 4. The van der Waals surface area contributed by atoms with Crippen LogP contribution in [0.1, 0.15) is 31.4 Å². The average Bonchev–Trinajstić information content (AvgIpc) is 3.50. The first-order valence-electron chi connectivity index (χ1n) is 10.9. The summed E-state index contributed by atoms with van der Waals surface area (Å²) in [6.07, 6.45) is -5.07. The van der Waals surface area contributed by atoms with Gasteiger partial charge in [0.05, 0.1) is 17.6 Å². The summed E-state index contributed by atoms with van der Waals surface area (Å²) in [6, 6.07) is 2.36. The highest BCUT2D eigenvalue weighted by Crippen LogP contribution is 2.42. The number of carboxylic acid groups (broad SMARTS) is 1. The van der Waals surface area contributed by atoms with E-state index in [0.29, 0.717) is 23.7 Å². The van der Waals surface area contributed by atoms with E-state index in [-0.39, 0.29) is 34.8 Å². The first-order valence-corrected chi connectivity index (χ1v) is 11.8. The number of alkyl halides is 3. The molecule has 1 aromatic carbocycles. The van der Waals surface area contributed by atoms with Crippen molar-refractivity contribution in [2.75, 3.05) is 24.6 Å². The smallest absolute Gasteiger partial charge is 0.418 e. The Balaban J connectivity index is 1.56. The van der Waals surface area contributed by atoms with Crippen molar-refractivity contribution < 1.29 is 37.0 Å². The minimum atomic E-state index is -4.76. The highest BCUT2D eigenvalue weighted by Gasteiger charge is 2.45. The fraction of sp³-hybridized carbons (Fsp3) is 0.455. The van der Waals surface area contributed by atoms with E-state index in [2.05, 4.69) is 9.97 Å². The number of aromatic nitrogens is 2. The molecule has 2 aromatic heterocycles. The van der Waals surface area contributed by atoms with E-state index in [1.807, 2.05) is 4.90 Å². The number of fused-ring (bicyclic) bond motifs is 3. The molecule has 186 valence electrons. The molecular weight excluding hydrogens is 489 g/mol. The highest BCUT2D eigenvalue weighted by molar-refractivity contribution is 7.13. The maximum atomic E-state index is 13.9. The van der Waals surface area contributed by atoms with Crippen molar-refractivity contribution in [1.82, 2.24) is 14.9 Å². The molecule has 4 heterocycles. The zero-order valence-electron chi connectivity index (χ0n) is 18.5. The van der Waals surface area contributed by atoms with Gasteiger partial charge >= 0.3 is 12.3 Å². The predicted octanol–water partition coefficient (Wildman–Crippen LogP) is 4.49. The van der Waals surface area contributed by atoms with Gasteiger partial charge in [-0.3, -0.25) is 9.69 Å². The summed E-state index contributed by atoms with van der Waals surface area (Å²) < 4.78 is 52.6. The lowest BCUT2D eigenvalue weighted by atomic mass is 10.0. The molecule has 0 radical (unpaired) electrons. The van der Waals surface area contributed by atoms with Gasteiger partial charge in [-0.25, -0.2) is 9.78 Å². The molecule has 1 N–H and O–H groups in total. The summed E-state index contributed by atoms with van der Waals surface area (Å²) in [5.74, 6) is -0.528. The Morgan fingerprint density at radius 3 is 2.57 bits per heavy atom. The Bertz CT molecular complexity index is 1250. The van der Waals surface area contributed by atoms with E-state index in [1.54, 1.807) is 5.38 Å². The Morgan fingerprint density at radius 1 is 1.29 bits per heavy atom. The van der Waals surface area contributed by atoms with Gasteiger partial charge in [-0.05, 0) is 37.5 Å². The molecule has 0 aliphatic carbocycles. The lowest BCUT2D eigenvalue weighted by molar-refractivity contribution is -0.222. The molecule has 2 aliphatic rings. The van der Waals surface area contributed by atoms with Crippen molar-refractivity contribution in [3.8, 4) is 10.6 Å². The van der Waals surface area contributed by atoms with Gasteiger partial charge in [0, 0.05) is 24.7 Å². The number of carbonyl (C=O) groups is 2. The molecule has 3 atom stereocenters. The van der Waals surface area contributed by atoms with Gasteiger partial charge in [0.1, 0.15) is 17.1 Å². The topological polar surface area (TPSA) is 109 Å². The lowest BCUT2D eigenvalue weighted by Gasteiger charge is -2.38. The molecule has 3 aromatic rings. The first-order chi connectivity index (χ1) is 16.6. The van der Waals surface area contributed by atoms with Crippen LogP contribution in [0.5, 0.6) is 0 Å². The van der Waals surface area contributed by atoms with E-state index in [4.69, 9.17) is 9.15 Å². The van der Waals surface area contributed by atoms with Gasteiger partial charge in [0.15, 0.2) is 17.5 Å². The number of ether oxygens (including phenoxy) is 1. The van der Waals surface area contributed by atoms with Crippen LogP contribution in [0.25, 0.3) is 21.7 Å². The van der Waals surface area contributed by atoms with Crippen LogP contribution in [-0.2, 0) is 9.53 Å². The Labute approximate surface area is 201 Å². The third-order valence-electron chi connectivity index (χ3n) is 6.19. The summed E-state index contributed by atoms with van der Waals surface area (Å²) in [5, 5.41) is 11.6. The van der Waals surface area contributed by atoms with E-state index in [9.17, 15) is 27.9 Å². The van der Waals surface area contributed by atoms with Crippen molar-refractivity contribution in [1.29, 1.82) is 0 Å². The maximum absolute atomic E-state index is 13.9. The van der Waals surface area contributed by atoms with Crippen LogP contribution < -0.4 is 4.90 Å². The number of carbonyl (C=O) groups excluding carboxylic acids is 1. The van der Waals surface area contributed by atoms with Gasteiger partial charge < -0.3 is 19.2 Å². The van der Waals surface area contributed by atoms with Gasteiger partial charge in [0.25, 0.3) is 6.01 Å². The van der Waals surface area contributed by atoms with E-state index >= 15 is 0 Å². The second-order valence-electron chi connectivity index (χ2n) is 8.66. The molecular formula is C22H21F3N4O5S. The largest absolute Gasteiger partial charge is 0.465 e. The maximum Gasteiger partial charge on any atom is 0.418 e. The lowest BCUT2D eigenvalue weighted by Crippen LogP contribution is -2.55. The number of Topliss-reactive ketones (excluding diaryl/α,β-unsaturated/α-hetero) is 1. The third kappa shape index (κ3) is 4.45. The SMILES string of the molecule is CC(=O)COC(c1cc(-c2nccs2)c2oc(N3CC4CCC(C3)N4C(=O)O)nc2c1)C(F)(F)F. The van der Waals surface area contributed by atoms with Crippen LogP contribution in [0.4, 0.5) is 24.0 Å². The number of ketones is 1. The third-order valence-corrected chi connectivity index (χ3v) is 7.00. The van der Waals surface area contributed by atoms with Gasteiger partial charge in [-0.1, -0.05) is 0 Å².